The van der Waals surface area contributed by atoms with Crippen molar-refractivity contribution in [3.8, 4) is 0 Å². The van der Waals surface area contributed by atoms with E-state index in [1.807, 2.05) is 0 Å². The van der Waals surface area contributed by atoms with E-state index in [-0.39, 0.29) is 12.2 Å². The van der Waals surface area contributed by atoms with Gasteiger partial charge in [-0.15, -0.1) is 11.8 Å². The summed E-state index contributed by atoms with van der Waals surface area (Å²) in [6.07, 6.45) is 3.87. The van der Waals surface area contributed by atoms with Crippen molar-refractivity contribution < 1.29 is 19.4 Å². The molecule has 0 aromatic heterocycles. The number of benzene rings is 1. The van der Waals surface area contributed by atoms with Gasteiger partial charge < -0.3 is 10.2 Å². The van der Waals surface area contributed by atoms with E-state index < -0.39 is 11.8 Å². The average molecular weight is 272 g/mol. The number of carbonyl (C=O) groups is 1. The predicted molar refractivity (Wildman–Crippen MR) is 69.6 cm³/mol. The van der Waals surface area contributed by atoms with Gasteiger partial charge in [0.15, 0.2) is 0 Å². The van der Waals surface area contributed by atoms with Gasteiger partial charge in [0.05, 0.1) is 5.56 Å². The number of unbranched alkanes of at least 4 members (excludes halogenated alkanes) is 3. The van der Waals surface area contributed by atoms with E-state index in [1.165, 1.54) is 23.9 Å². The molecule has 0 spiro atoms. The van der Waals surface area contributed by atoms with E-state index >= 15 is 0 Å². The summed E-state index contributed by atoms with van der Waals surface area (Å²) in [5.74, 6) is -1.07. The molecule has 0 unspecified atom stereocenters. The van der Waals surface area contributed by atoms with Gasteiger partial charge in [0.2, 0.25) is 0 Å². The van der Waals surface area contributed by atoms with Crippen LogP contribution in [0, 0.1) is 5.82 Å². The lowest BCUT2D eigenvalue weighted by atomic mass is 10.2. The van der Waals surface area contributed by atoms with Crippen LogP contribution in [0.3, 0.4) is 0 Å². The van der Waals surface area contributed by atoms with E-state index in [9.17, 15) is 9.18 Å². The Morgan fingerprint density at radius 3 is 2.61 bits per heavy atom. The molecule has 100 valence electrons. The van der Waals surface area contributed by atoms with E-state index in [0.29, 0.717) is 0 Å². The number of halogens is 1. The van der Waals surface area contributed by atoms with Crippen molar-refractivity contribution in [2.45, 2.75) is 30.6 Å². The van der Waals surface area contributed by atoms with Crippen LogP contribution in [0.15, 0.2) is 23.1 Å². The molecule has 2 N–H and O–H groups in total. The Hall–Kier alpha value is -1.07. The number of hydrogen-bond acceptors (Lipinski definition) is 3. The van der Waals surface area contributed by atoms with Crippen LogP contribution >= 0.6 is 11.8 Å². The third-order valence-corrected chi connectivity index (χ3v) is 3.57. The predicted octanol–water partition coefficient (Wildman–Crippen LogP) is 3.17. The molecule has 0 saturated heterocycles. The monoisotopic (exact) mass is 272 g/mol. The van der Waals surface area contributed by atoms with Gasteiger partial charge in [0.25, 0.3) is 0 Å². The quantitative estimate of drug-likeness (QED) is 0.564. The molecule has 0 aliphatic heterocycles. The van der Waals surface area contributed by atoms with E-state index in [4.69, 9.17) is 10.2 Å². The number of aliphatic hydroxyl groups excluding tert-OH is 1. The van der Waals surface area contributed by atoms with Gasteiger partial charge >= 0.3 is 5.97 Å². The SMILES string of the molecule is O=C(O)c1cc(SCCCCCCO)ccc1F. The van der Waals surface area contributed by atoms with Crippen molar-refractivity contribution in [3.63, 3.8) is 0 Å². The first kappa shape index (κ1) is 15.0. The van der Waals surface area contributed by atoms with Crippen LogP contribution in [0.5, 0.6) is 0 Å². The van der Waals surface area contributed by atoms with E-state index in [2.05, 4.69) is 0 Å². The van der Waals surface area contributed by atoms with Gasteiger partial charge in [0.1, 0.15) is 5.82 Å². The second-order valence-electron chi connectivity index (χ2n) is 3.93. The Balaban J connectivity index is 2.38. The number of carboxylic acid groups (broad SMARTS) is 1. The number of aliphatic hydroxyl groups is 1. The summed E-state index contributed by atoms with van der Waals surface area (Å²) >= 11 is 1.53. The van der Waals surface area contributed by atoms with Crippen molar-refractivity contribution in [1.29, 1.82) is 0 Å². The first-order chi connectivity index (χ1) is 8.65. The van der Waals surface area contributed by atoms with E-state index in [1.54, 1.807) is 6.07 Å². The molecule has 0 fully saturated rings. The molecule has 0 atom stereocenters. The van der Waals surface area contributed by atoms with Crippen LogP contribution < -0.4 is 0 Å². The van der Waals surface area contributed by atoms with Crippen LogP contribution in [-0.2, 0) is 0 Å². The molecule has 0 aliphatic rings. The van der Waals surface area contributed by atoms with E-state index in [0.717, 1.165) is 36.3 Å². The van der Waals surface area contributed by atoms with Gasteiger partial charge in [-0.3, -0.25) is 0 Å². The molecular formula is C13H17FO3S. The molecule has 0 radical (unpaired) electrons. The smallest absolute Gasteiger partial charge is 0.338 e. The topological polar surface area (TPSA) is 57.5 Å². The lowest BCUT2D eigenvalue weighted by Crippen LogP contribution is -2.00. The fraction of sp³-hybridized carbons (Fsp3) is 0.462. The summed E-state index contributed by atoms with van der Waals surface area (Å²) in [7, 11) is 0. The van der Waals surface area contributed by atoms with Crippen LogP contribution in [0.4, 0.5) is 4.39 Å². The Bertz CT molecular complexity index is 396. The van der Waals surface area contributed by atoms with Gasteiger partial charge in [0, 0.05) is 11.5 Å². The van der Waals surface area contributed by atoms with Crippen LogP contribution in [-0.4, -0.2) is 28.5 Å². The van der Waals surface area contributed by atoms with Gasteiger partial charge in [-0.25, -0.2) is 9.18 Å². The van der Waals surface area contributed by atoms with Gasteiger partial charge in [-0.1, -0.05) is 12.8 Å². The fourth-order valence-corrected chi connectivity index (χ4v) is 2.47. The van der Waals surface area contributed by atoms with Crippen LogP contribution in [0.2, 0.25) is 0 Å². The lowest BCUT2D eigenvalue weighted by Gasteiger charge is -2.04. The maximum atomic E-state index is 13.1. The average Bonchev–Trinajstić information content (AvgIpc) is 2.35. The van der Waals surface area contributed by atoms with Gasteiger partial charge in [-0.2, -0.15) is 0 Å². The molecular weight excluding hydrogens is 255 g/mol. The van der Waals surface area contributed by atoms with Gasteiger partial charge in [-0.05, 0) is 36.8 Å². The third-order valence-electron chi connectivity index (χ3n) is 2.49. The summed E-state index contributed by atoms with van der Waals surface area (Å²) in [4.78, 5) is 11.5. The number of hydrogen-bond donors (Lipinski definition) is 2. The van der Waals surface area contributed by atoms with Crippen LogP contribution in [0.1, 0.15) is 36.0 Å². The summed E-state index contributed by atoms with van der Waals surface area (Å²) in [5, 5.41) is 17.4. The summed E-state index contributed by atoms with van der Waals surface area (Å²) in [6.45, 7) is 0.229. The normalized spacial score (nSPS) is 10.6. The van der Waals surface area contributed by atoms with Crippen molar-refractivity contribution >= 4 is 17.7 Å². The van der Waals surface area contributed by atoms with Crippen molar-refractivity contribution in [2.75, 3.05) is 12.4 Å². The largest absolute Gasteiger partial charge is 0.478 e. The molecule has 0 saturated carbocycles. The number of thioether (sulfide) groups is 1. The summed E-state index contributed by atoms with van der Waals surface area (Å²) < 4.78 is 13.1. The van der Waals surface area contributed by atoms with Crippen molar-refractivity contribution in [2.24, 2.45) is 0 Å². The van der Waals surface area contributed by atoms with Crippen molar-refractivity contribution in [3.05, 3.63) is 29.6 Å². The second-order valence-corrected chi connectivity index (χ2v) is 5.10. The molecule has 0 aliphatic carbocycles. The molecule has 1 aromatic rings. The van der Waals surface area contributed by atoms with Crippen molar-refractivity contribution in [1.82, 2.24) is 0 Å². The molecule has 18 heavy (non-hydrogen) atoms. The molecule has 5 heteroatoms. The standard InChI is InChI=1S/C13H17FO3S/c14-12-6-5-10(9-11(12)13(16)17)18-8-4-2-1-3-7-15/h5-6,9,15H,1-4,7-8H2,(H,16,17). The highest BCUT2D eigenvalue weighted by molar-refractivity contribution is 7.99. The number of rotatable bonds is 8. The molecule has 1 rings (SSSR count). The minimum atomic E-state index is -1.24. The Morgan fingerprint density at radius 1 is 1.22 bits per heavy atom. The lowest BCUT2D eigenvalue weighted by molar-refractivity contribution is 0.0691. The molecule has 1 aromatic carbocycles. The molecule has 0 amide bonds. The molecule has 3 nitrogen and oxygen atoms in total. The first-order valence-corrected chi connectivity index (χ1v) is 6.90. The summed E-state index contributed by atoms with van der Waals surface area (Å²) in [5.41, 5.74) is -0.278. The zero-order valence-corrected chi connectivity index (χ0v) is 10.9. The zero-order valence-electron chi connectivity index (χ0n) is 10.1. The molecule has 0 bridgehead atoms. The first-order valence-electron chi connectivity index (χ1n) is 5.91. The number of carboxylic acids is 1. The molecule has 0 heterocycles. The zero-order chi connectivity index (χ0) is 13.4. The second kappa shape index (κ2) is 8.11. The summed E-state index contributed by atoms with van der Waals surface area (Å²) in [6, 6.07) is 4.16. The maximum Gasteiger partial charge on any atom is 0.338 e. The minimum absolute atomic E-state index is 0.229. The number of aromatic carboxylic acids is 1. The Kier molecular flexibility index (Phi) is 6.75. The highest BCUT2D eigenvalue weighted by atomic mass is 32.2. The Morgan fingerprint density at radius 2 is 1.94 bits per heavy atom. The minimum Gasteiger partial charge on any atom is -0.478 e. The maximum absolute atomic E-state index is 13.1. The van der Waals surface area contributed by atoms with Crippen LogP contribution in [0.25, 0.3) is 0 Å². The Labute approximate surface area is 110 Å². The fourth-order valence-electron chi connectivity index (χ4n) is 1.52. The third kappa shape index (κ3) is 5.06. The highest BCUT2D eigenvalue weighted by Gasteiger charge is 2.10. The highest BCUT2D eigenvalue weighted by Crippen LogP contribution is 2.22.